The SMILES string of the molecule is CN1[C@@H](C(=O)N2CC3(C)CC2CC(C)(C)C3)C[C@@H](c2ccc(F)cc2)NS1(=O)=O. The molecule has 2 bridgehead atoms. The molecule has 2 unspecified atom stereocenters. The predicted octanol–water partition coefficient (Wildman–Crippen LogP) is 2.83. The molecular formula is C21H30FN3O3S. The van der Waals surface area contributed by atoms with Crippen molar-refractivity contribution in [2.24, 2.45) is 10.8 Å². The van der Waals surface area contributed by atoms with Gasteiger partial charge in [-0.05, 0) is 54.2 Å². The van der Waals surface area contributed by atoms with E-state index in [2.05, 4.69) is 25.5 Å². The van der Waals surface area contributed by atoms with E-state index in [1.54, 1.807) is 12.1 Å². The van der Waals surface area contributed by atoms with Gasteiger partial charge in [0.15, 0.2) is 0 Å². The Labute approximate surface area is 172 Å². The number of halogens is 1. The summed E-state index contributed by atoms with van der Waals surface area (Å²) in [7, 11) is -2.35. The first kappa shape index (κ1) is 20.8. The van der Waals surface area contributed by atoms with Crippen LogP contribution in [0.4, 0.5) is 4.39 Å². The number of fused-ring (bicyclic) bond motifs is 2. The van der Waals surface area contributed by atoms with E-state index in [1.807, 2.05) is 4.90 Å². The average molecular weight is 424 g/mol. The normalized spacial score (nSPS) is 36.2. The summed E-state index contributed by atoms with van der Waals surface area (Å²) in [4.78, 5) is 15.5. The Morgan fingerprint density at radius 1 is 1.17 bits per heavy atom. The third-order valence-electron chi connectivity index (χ3n) is 6.82. The Morgan fingerprint density at radius 3 is 2.48 bits per heavy atom. The van der Waals surface area contributed by atoms with E-state index >= 15 is 0 Å². The monoisotopic (exact) mass is 423 g/mol. The van der Waals surface area contributed by atoms with Crippen molar-refractivity contribution in [2.75, 3.05) is 13.6 Å². The molecule has 1 N–H and O–H groups in total. The van der Waals surface area contributed by atoms with E-state index in [0.29, 0.717) is 18.5 Å². The third-order valence-corrected chi connectivity index (χ3v) is 8.42. The fourth-order valence-electron chi connectivity index (χ4n) is 5.91. The molecule has 3 fully saturated rings. The quantitative estimate of drug-likeness (QED) is 0.795. The number of carbonyl (C=O) groups excluding carboxylic acids is 1. The van der Waals surface area contributed by atoms with Crippen molar-refractivity contribution in [3.8, 4) is 0 Å². The number of likely N-dealkylation sites (tertiary alicyclic amines) is 1. The minimum atomic E-state index is -3.81. The number of rotatable bonds is 2. The van der Waals surface area contributed by atoms with Gasteiger partial charge in [0.25, 0.3) is 10.2 Å². The van der Waals surface area contributed by atoms with E-state index in [-0.39, 0.29) is 28.6 Å². The highest BCUT2D eigenvalue weighted by atomic mass is 32.2. The van der Waals surface area contributed by atoms with Crippen molar-refractivity contribution in [1.82, 2.24) is 13.9 Å². The number of nitrogens with zero attached hydrogens (tertiary/aromatic N) is 2. The molecule has 4 rings (SSSR count). The Morgan fingerprint density at radius 2 is 1.83 bits per heavy atom. The Bertz CT molecular complexity index is 918. The molecular weight excluding hydrogens is 393 g/mol. The fraction of sp³-hybridized carbons (Fsp3) is 0.667. The topological polar surface area (TPSA) is 69.7 Å². The van der Waals surface area contributed by atoms with Crippen LogP contribution in [-0.4, -0.2) is 49.2 Å². The van der Waals surface area contributed by atoms with Gasteiger partial charge in [-0.1, -0.05) is 32.9 Å². The molecule has 1 aliphatic carbocycles. The van der Waals surface area contributed by atoms with Gasteiger partial charge in [-0.15, -0.1) is 0 Å². The lowest BCUT2D eigenvalue weighted by Gasteiger charge is -2.41. The zero-order valence-electron chi connectivity index (χ0n) is 17.5. The van der Waals surface area contributed by atoms with Gasteiger partial charge in [0.2, 0.25) is 5.91 Å². The molecule has 1 aromatic rings. The number of nitrogens with one attached hydrogen (secondary N) is 1. The largest absolute Gasteiger partial charge is 0.338 e. The molecule has 0 spiro atoms. The molecule has 0 aromatic heterocycles. The van der Waals surface area contributed by atoms with Gasteiger partial charge in [-0.3, -0.25) is 4.79 Å². The maximum atomic E-state index is 13.6. The van der Waals surface area contributed by atoms with Crippen LogP contribution in [0.25, 0.3) is 0 Å². The van der Waals surface area contributed by atoms with Gasteiger partial charge in [0, 0.05) is 25.7 Å². The second-order valence-corrected chi connectivity index (χ2v) is 11.9. The van der Waals surface area contributed by atoms with E-state index in [9.17, 15) is 17.6 Å². The van der Waals surface area contributed by atoms with E-state index < -0.39 is 22.3 Å². The summed E-state index contributed by atoms with van der Waals surface area (Å²) in [6.07, 6.45) is 3.31. The van der Waals surface area contributed by atoms with Crippen LogP contribution in [0.5, 0.6) is 0 Å². The summed E-state index contributed by atoms with van der Waals surface area (Å²) in [5.41, 5.74) is 0.923. The minimum absolute atomic E-state index is 0.0861. The summed E-state index contributed by atoms with van der Waals surface area (Å²) in [5.74, 6) is -0.492. The van der Waals surface area contributed by atoms with Crippen LogP contribution in [0, 0.1) is 16.6 Å². The number of likely N-dealkylation sites (N-methyl/N-ethyl adjacent to an activating group) is 1. The van der Waals surface area contributed by atoms with Crippen LogP contribution in [0.1, 0.15) is 58.1 Å². The molecule has 1 aromatic carbocycles. The highest BCUT2D eigenvalue weighted by Crippen LogP contribution is 2.52. The molecule has 2 heterocycles. The van der Waals surface area contributed by atoms with Gasteiger partial charge in [-0.25, -0.2) is 4.39 Å². The molecule has 4 atom stereocenters. The first-order valence-electron chi connectivity index (χ1n) is 10.2. The van der Waals surface area contributed by atoms with Gasteiger partial charge in [0.05, 0.1) is 0 Å². The number of hydrogen-bond donors (Lipinski definition) is 1. The highest BCUT2D eigenvalue weighted by Gasteiger charge is 2.53. The molecule has 2 aliphatic heterocycles. The Hall–Kier alpha value is -1.51. The second-order valence-electron chi connectivity index (χ2n) is 10.2. The van der Waals surface area contributed by atoms with Gasteiger partial charge in [0.1, 0.15) is 11.9 Å². The predicted molar refractivity (Wildman–Crippen MR) is 109 cm³/mol. The van der Waals surface area contributed by atoms with Gasteiger partial charge >= 0.3 is 0 Å². The van der Waals surface area contributed by atoms with Crippen molar-refractivity contribution in [3.63, 3.8) is 0 Å². The van der Waals surface area contributed by atoms with Gasteiger partial charge in [-0.2, -0.15) is 17.4 Å². The number of carbonyl (C=O) groups is 1. The minimum Gasteiger partial charge on any atom is -0.338 e. The van der Waals surface area contributed by atoms with Crippen molar-refractivity contribution >= 4 is 16.1 Å². The lowest BCUT2D eigenvalue weighted by molar-refractivity contribution is -0.137. The first-order valence-corrected chi connectivity index (χ1v) is 11.6. The van der Waals surface area contributed by atoms with Crippen molar-refractivity contribution in [2.45, 2.75) is 64.6 Å². The van der Waals surface area contributed by atoms with E-state index in [0.717, 1.165) is 23.6 Å². The van der Waals surface area contributed by atoms with Crippen molar-refractivity contribution in [3.05, 3.63) is 35.6 Å². The molecule has 6 nitrogen and oxygen atoms in total. The molecule has 2 saturated heterocycles. The summed E-state index contributed by atoms with van der Waals surface area (Å²) >= 11 is 0. The smallest absolute Gasteiger partial charge is 0.280 e. The summed E-state index contributed by atoms with van der Waals surface area (Å²) in [5, 5.41) is 0. The molecule has 29 heavy (non-hydrogen) atoms. The second kappa shape index (κ2) is 6.75. The van der Waals surface area contributed by atoms with Crippen LogP contribution in [0.15, 0.2) is 24.3 Å². The Balaban J connectivity index is 1.61. The van der Waals surface area contributed by atoms with Crippen LogP contribution < -0.4 is 4.72 Å². The fourth-order valence-corrected chi connectivity index (χ4v) is 7.18. The maximum absolute atomic E-state index is 13.6. The molecule has 160 valence electrons. The first-order chi connectivity index (χ1) is 13.4. The molecule has 1 amide bonds. The lowest BCUT2D eigenvalue weighted by atomic mass is 9.65. The van der Waals surface area contributed by atoms with E-state index in [4.69, 9.17) is 0 Å². The van der Waals surface area contributed by atoms with Crippen LogP contribution in [0.3, 0.4) is 0 Å². The summed E-state index contributed by atoms with van der Waals surface area (Å²) in [6.45, 7) is 7.41. The molecule has 0 radical (unpaired) electrons. The van der Waals surface area contributed by atoms with Crippen LogP contribution in [-0.2, 0) is 15.0 Å². The summed E-state index contributed by atoms with van der Waals surface area (Å²) in [6, 6.07) is 4.61. The van der Waals surface area contributed by atoms with Crippen molar-refractivity contribution < 1.29 is 17.6 Å². The van der Waals surface area contributed by atoms with E-state index in [1.165, 1.54) is 19.2 Å². The number of hydrogen-bond acceptors (Lipinski definition) is 3. The summed E-state index contributed by atoms with van der Waals surface area (Å²) < 4.78 is 42.5. The zero-order valence-corrected chi connectivity index (χ0v) is 18.3. The molecule has 1 saturated carbocycles. The van der Waals surface area contributed by atoms with Crippen LogP contribution >= 0.6 is 0 Å². The zero-order chi connectivity index (χ0) is 21.2. The molecule has 8 heteroatoms. The van der Waals surface area contributed by atoms with Crippen LogP contribution in [0.2, 0.25) is 0 Å². The lowest BCUT2D eigenvalue weighted by Crippen LogP contribution is -2.58. The highest BCUT2D eigenvalue weighted by molar-refractivity contribution is 7.87. The van der Waals surface area contributed by atoms with Crippen molar-refractivity contribution in [1.29, 1.82) is 0 Å². The third kappa shape index (κ3) is 3.82. The van der Waals surface area contributed by atoms with Gasteiger partial charge < -0.3 is 4.90 Å². The molecule has 3 aliphatic rings. The number of amides is 1. The number of benzene rings is 1. The maximum Gasteiger partial charge on any atom is 0.280 e. The average Bonchev–Trinajstić information content (AvgIpc) is 2.86. The standard InChI is InChI=1S/C21H30FN3O3S/c1-20(2)10-16-11-21(3,12-20)13-25(16)19(26)18-9-17(23-29(27,28)24(18)4)14-5-7-15(22)8-6-14/h5-8,16-18,23H,9-13H2,1-4H3/t16?,17-,18+,21?/m0/s1. The Kier molecular flexibility index (Phi) is 4.83.